The van der Waals surface area contributed by atoms with Gasteiger partial charge in [-0.25, -0.2) is 0 Å². The molecule has 0 spiro atoms. The number of halogens is 1. The van der Waals surface area contributed by atoms with Crippen molar-refractivity contribution in [2.75, 3.05) is 11.5 Å². The molecule has 0 unspecified atom stereocenters. The van der Waals surface area contributed by atoms with Crippen molar-refractivity contribution in [1.29, 1.82) is 0 Å². The van der Waals surface area contributed by atoms with Gasteiger partial charge in [0.05, 0.1) is 0 Å². The van der Waals surface area contributed by atoms with Crippen LogP contribution < -0.4 is 0 Å². The van der Waals surface area contributed by atoms with Crippen LogP contribution in [0.3, 0.4) is 0 Å². The van der Waals surface area contributed by atoms with E-state index in [0.29, 0.717) is 0 Å². The second kappa shape index (κ2) is 3.95. The van der Waals surface area contributed by atoms with Crippen molar-refractivity contribution in [1.82, 2.24) is 0 Å². The molecule has 0 nitrogen and oxygen atoms in total. The Morgan fingerprint density at radius 3 is 2.67 bits per heavy atom. The summed E-state index contributed by atoms with van der Waals surface area (Å²) in [5.41, 5.74) is 0. The van der Waals surface area contributed by atoms with E-state index >= 15 is 0 Å². The summed E-state index contributed by atoms with van der Waals surface area (Å²) in [5, 5.41) is 1.73. The Morgan fingerprint density at radius 1 is 1.42 bits per heavy atom. The Labute approximate surface area is 86.1 Å². The van der Waals surface area contributed by atoms with Gasteiger partial charge >= 0.3 is 0 Å². The van der Waals surface area contributed by atoms with Crippen molar-refractivity contribution in [2.45, 2.75) is 10.1 Å². The van der Waals surface area contributed by atoms with Gasteiger partial charge in [-0.1, -0.05) is 11.6 Å². The van der Waals surface area contributed by atoms with Crippen LogP contribution in [0.2, 0.25) is 5.02 Å². The standard InChI is InChI=1S/C9H9ClS2/c10-7-1-3-8(4-2-7)11-5-9-6-12-9/h1-4,9H,5-6H2/t9-/m0/s1. The van der Waals surface area contributed by atoms with Gasteiger partial charge in [0.25, 0.3) is 0 Å². The fourth-order valence-electron chi connectivity index (χ4n) is 0.884. The highest BCUT2D eigenvalue weighted by Crippen LogP contribution is 2.35. The van der Waals surface area contributed by atoms with Crippen molar-refractivity contribution in [3.8, 4) is 0 Å². The third kappa shape index (κ3) is 2.61. The lowest BCUT2D eigenvalue weighted by Gasteiger charge is -1.98. The fraction of sp³-hybridized carbons (Fsp3) is 0.333. The van der Waals surface area contributed by atoms with Crippen LogP contribution in [0, 0.1) is 0 Å². The summed E-state index contributed by atoms with van der Waals surface area (Å²) in [6.07, 6.45) is 0. The van der Waals surface area contributed by atoms with Crippen LogP contribution in [0.1, 0.15) is 0 Å². The first-order valence-corrected chi connectivity index (χ1v) is 6.26. The number of thioether (sulfide) groups is 2. The molecule has 1 heterocycles. The molecule has 64 valence electrons. The van der Waals surface area contributed by atoms with E-state index in [1.165, 1.54) is 16.4 Å². The first kappa shape index (κ1) is 8.79. The maximum absolute atomic E-state index is 5.77. The van der Waals surface area contributed by atoms with Gasteiger partial charge in [0.1, 0.15) is 0 Å². The smallest absolute Gasteiger partial charge is 0.0406 e. The highest BCUT2D eigenvalue weighted by atomic mass is 35.5. The predicted molar refractivity (Wildman–Crippen MR) is 58.4 cm³/mol. The Morgan fingerprint density at radius 2 is 2.08 bits per heavy atom. The third-order valence-electron chi connectivity index (χ3n) is 1.65. The van der Waals surface area contributed by atoms with E-state index in [2.05, 4.69) is 12.1 Å². The zero-order valence-corrected chi connectivity index (χ0v) is 8.88. The van der Waals surface area contributed by atoms with Gasteiger partial charge in [0.2, 0.25) is 0 Å². The summed E-state index contributed by atoms with van der Waals surface area (Å²) in [6, 6.07) is 8.06. The van der Waals surface area contributed by atoms with E-state index in [0.717, 1.165) is 10.3 Å². The number of benzene rings is 1. The van der Waals surface area contributed by atoms with Gasteiger partial charge in [-0.3, -0.25) is 0 Å². The van der Waals surface area contributed by atoms with Crippen LogP contribution in [0.15, 0.2) is 29.2 Å². The van der Waals surface area contributed by atoms with Crippen LogP contribution in [-0.2, 0) is 0 Å². The predicted octanol–water partition coefficient (Wildman–Crippen LogP) is 3.55. The molecule has 0 aromatic heterocycles. The van der Waals surface area contributed by atoms with Crippen molar-refractivity contribution >= 4 is 35.1 Å². The molecule has 0 aliphatic carbocycles. The molecular weight excluding hydrogens is 208 g/mol. The monoisotopic (exact) mass is 216 g/mol. The SMILES string of the molecule is Clc1ccc(SC[C@H]2CS2)cc1. The van der Waals surface area contributed by atoms with Gasteiger partial charge in [-0.15, -0.1) is 11.8 Å². The summed E-state index contributed by atoms with van der Waals surface area (Å²) in [7, 11) is 0. The minimum Gasteiger partial charge on any atom is -0.156 e. The Bertz CT molecular complexity index is 254. The van der Waals surface area contributed by atoms with Gasteiger partial charge in [-0.05, 0) is 24.3 Å². The molecule has 1 aromatic rings. The van der Waals surface area contributed by atoms with Gasteiger partial charge in [-0.2, -0.15) is 11.8 Å². The van der Waals surface area contributed by atoms with Crippen LogP contribution in [0.4, 0.5) is 0 Å². The maximum atomic E-state index is 5.77. The minimum absolute atomic E-state index is 0.820. The van der Waals surface area contributed by atoms with Crippen molar-refractivity contribution < 1.29 is 0 Å². The van der Waals surface area contributed by atoms with Crippen LogP contribution >= 0.6 is 35.1 Å². The minimum atomic E-state index is 0.820. The molecule has 2 rings (SSSR count). The quantitative estimate of drug-likeness (QED) is 0.560. The molecule has 1 aliphatic rings. The van der Waals surface area contributed by atoms with Crippen LogP contribution in [0.25, 0.3) is 0 Å². The summed E-state index contributed by atoms with van der Waals surface area (Å²) in [6.45, 7) is 0. The molecular formula is C9H9ClS2. The van der Waals surface area contributed by atoms with E-state index < -0.39 is 0 Å². The van der Waals surface area contributed by atoms with Crippen LogP contribution in [0.5, 0.6) is 0 Å². The molecule has 1 aliphatic heterocycles. The summed E-state index contributed by atoms with van der Waals surface area (Å²) >= 11 is 9.74. The lowest BCUT2D eigenvalue weighted by atomic mass is 10.4. The van der Waals surface area contributed by atoms with E-state index in [-0.39, 0.29) is 0 Å². The Kier molecular flexibility index (Phi) is 2.89. The first-order valence-electron chi connectivity index (χ1n) is 3.84. The normalized spacial score (nSPS) is 20.9. The van der Waals surface area contributed by atoms with E-state index in [4.69, 9.17) is 11.6 Å². The van der Waals surface area contributed by atoms with Crippen molar-refractivity contribution in [3.05, 3.63) is 29.3 Å². The fourth-order valence-corrected chi connectivity index (χ4v) is 2.83. The zero-order chi connectivity index (χ0) is 8.39. The number of hydrogen-bond donors (Lipinski definition) is 0. The van der Waals surface area contributed by atoms with Crippen molar-refractivity contribution in [2.24, 2.45) is 0 Å². The molecule has 12 heavy (non-hydrogen) atoms. The lowest BCUT2D eigenvalue weighted by Crippen LogP contribution is -1.85. The second-order valence-corrected chi connectivity index (χ2v) is 5.58. The Balaban J connectivity index is 1.89. The highest BCUT2D eigenvalue weighted by Gasteiger charge is 2.21. The molecule has 0 saturated carbocycles. The Hall–Kier alpha value is 0.210. The average Bonchev–Trinajstić information content (AvgIpc) is 2.87. The van der Waals surface area contributed by atoms with E-state index in [1.807, 2.05) is 35.7 Å². The number of rotatable bonds is 3. The third-order valence-corrected chi connectivity index (χ3v) is 4.26. The highest BCUT2D eigenvalue weighted by molar-refractivity contribution is 8.08. The van der Waals surface area contributed by atoms with Gasteiger partial charge in [0.15, 0.2) is 0 Å². The summed E-state index contributed by atoms with van der Waals surface area (Å²) in [4.78, 5) is 1.33. The molecule has 3 heteroatoms. The summed E-state index contributed by atoms with van der Waals surface area (Å²) < 4.78 is 0. The average molecular weight is 217 g/mol. The molecule has 1 atom stereocenters. The maximum Gasteiger partial charge on any atom is 0.0406 e. The molecule has 0 radical (unpaired) electrons. The molecule has 1 saturated heterocycles. The lowest BCUT2D eigenvalue weighted by molar-refractivity contribution is 1.26. The molecule has 0 N–H and O–H groups in total. The zero-order valence-electron chi connectivity index (χ0n) is 6.50. The second-order valence-electron chi connectivity index (χ2n) is 2.72. The molecule has 1 aromatic carbocycles. The topological polar surface area (TPSA) is 0 Å². The van der Waals surface area contributed by atoms with Crippen molar-refractivity contribution in [3.63, 3.8) is 0 Å². The molecule has 0 amide bonds. The van der Waals surface area contributed by atoms with Gasteiger partial charge < -0.3 is 0 Å². The summed E-state index contributed by atoms with van der Waals surface area (Å²) in [5.74, 6) is 2.59. The largest absolute Gasteiger partial charge is 0.156 e. The van der Waals surface area contributed by atoms with Gasteiger partial charge in [0, 0.05) is 26.7 Å². The molecule has 1 fully saturated rings. The molecule has 0 bridgehead atoms. The van der Waals surface area contributed by atoms with E-state index in [1.54, 1.807) is 0 Å². The van der Waals surface area contributed by atoms with E-state index in [9.17, 15) is 0 Å². The number of hydrogen-bond acceptors (Lipinski definition) is 2. The first-order chi connectivity index (χ1) is 5.84. The van der Waals surface area contributed by atoms with Crippen LogP contribution in [-0.4, -0.2) is 16.8 Å².